The van der Waals surface area contributed by atoms with Gasteiger partial charge in [-0.2, -0.15) is 0 Å². The summed E-state index contributed by atoms with van der Waals surface area (Å²) in [6.45, 7) is 2.20. The summed E-state index contributed by atoms with van der Waals surface area (Å²) in [4.78, 5) is 12.9. The van der Waals surface area contributed by atoms with E-state index in [9.17, 15) is 9.18 Å². The zero-order valence-electron chi connectivity index (χ0n) is 10.6. The Morgan fingerprint density at radius 1 is 1.50 bits per heavy atom. The monoisotopic (exact) mass is 358 g/mol. The fourth-order valence-corrected chi connectivity index (χ4v) is 2.86. The number of thiophene rings is 1. The van der Waals surface area contributed by atoms with Crippen molar-refractivity contribution in [2.45, 2.75) is 13.5 Å². The molecule has 2 rings (SSSR count). The highest BCUT2D eigenvalue weighted by atomic mass is 79.9. The number of nitrogens with two attached hydrogens (primary N) is 1. The van der Waals surface area contributed by atoms with Crippen molar-refractivity contribution in [1.29, 1.82) is 0 Å². The lowest BCUT2D eigenvalue weighted by molar-refractivity contribution is 0.0957. The van der Waals surface area contributed by atoms with Crippen LogP contribution in [-0.4, -0.2) is 5.91 Å². The molecule has 1 aromatic carbocycles. The van der Waals surface area contributed by atoms with Crippen molar-refractivity contribution in [3.8, 4) is 5.75 Å². The Morgan fingerprint density at radius 2 is 2.25 bits per heavy atom. The van der Waals surface area contributed by atoms with Crippen molar-refractivity contribution in [3.05, 3.63) is 49.9 Å². The van der Waals surface area contributed by atoms with E-state index >= 15 is 0 Å². The van der Waals surface area contributed by atoms with Crippen LogP contribution in [0, 0.1) is 12.7 Å². The molecule has 0 bridgehead atoms. The average molecular weight is 359 g/mol. The zero-order valence-corrected chi connectivity index (χ0v) is 13.0. The molecular formula is C13H12BrFN2O2S. The van der Waals surface area contributed by atoms with Crippen LogP contribution in [0.4, 0.5) is 4.39 Å². The Kier molecular flexibility index (Phi) is 4.74. The van der Waals surface area contributed by atoms with Crippen LogP contribution >= 0.6 is 27.3 Å². The van der Waals surface area contributed by atoms with Crippen molar-refractivity contribution < 1.29 is 13.9 Å². The maximum absolute atomic E-state index is 13.1. The Morgan fingerprint density at radius 3 is 2.90 bits per heavy atom. The van der Waals surface area contributed by atoms with Crippen LogP contribution in [0.25, 0.3) is 0 Å². The van der Waals surface area contributed by atoms with E-state index in [1.165, 1.54) is 17.4 Å². The largest absolute Gasteiger partial charge is 0.489 e. The van der Waals surface area contributed by atoms with Gasteiger partial charge >= 0.3 is 0 Å². The van der Waals surface area contributed by atoms with Gasteiger partial charge in [0.25, 0.3) is 5.91 Å². The van der Waals surface area contributed by atoms with Crippen LogP contribution < -0.4 is 16.0 Å². The van der Waals surface area contributed by atoms with E-state index in [1.807, 2.05) is 6.92 Å². The first-order valence-electron chi connectivity index (χ1n) is 5.69. The number of nitrogens with one attached hydrogen (secondary N) is 1. The van der Waals surface area contributed by atoms with E-state index in [2.05, 4.69) is 21.4 Å². The molecule has 0 saturated heterocycles. The number of ether oxygens (including phenoxy) is 1. The predicted molar refractivity (Wildman–Crippen MR) is 79.1 cm³/mol. The summed E-state index contributed by atoms with van der Waals surface area (Å²) >= 11 is 4.45. The van der Waals surface area contributed by atoms with E-state index < -0.39 is 0 Å². The van der Waals surface area contributed by atoms with Gasteiger partial charge in [-0.05, 0) is 47.1 Å². The number of benzene rings is 1. The summed E-state index contributed by atoms with van der Waals surface area (Å²) in [5, 5.41) is 0. The van der Waals surface area contributed by atoms with Crippen molar-refractivity contribution in [2.75, 3.05) is 0 Å². The van der Waals surface area contributed by atoms with Crippen LogP contribution in [0.15, 0.2) is 28.7 Å². The van der Waals surface area contributed by atoms with Crippen LogP contribution in [-0.2, 0) is 6.61 Å². The summed E-state index contributed by atoms with van der Waals surface area (Å²) < 4.78 is 19.0. The summed E-state index contributed by atoms with van der Waals surface area (Å²) in [6.07, 6.45) is 0. The number of rotatable bonds is 4. The minimum Gasteiger partial charge on any atom is -0.489 e. The van der Waals surface area contributed by atoms with Crippen LogP contribution in [0.2, 0.25) is 0 Å². The number of hydrogen-bond acceptors (Lipinski definition) is 4. The second-order valence-corrected chi connectivity index (χ2v) is 6.14. The number of halogens is 2. The van der Waals surface area contributed by atoms with Crippen LogP contribution in [0.1, 0.15) is 20.1 Å². The molecule has 0 radical (unpaired) electrons. The Bertz CT molecular complexity index is 645. The molecule has 3 N–H and O–H groups in total. The fourth-order valence-electron chi connectivity index (χ4n) is 1.57. The number of carbonyl (C=O) groups is 1. The molecule has 0 atom stereocenters. The van der Waals surface area contributed by atoms with E-state index in [0.717, 1.165) is 10.4 Å². The predicted octanol–water partition coefficient (Wildman–Crippen LogP) is 3.14. The lowest BCUT2D eigenvalue weighted by atomic mass is 10.2. The standard InChI is InChI=1S/C13H12BrFN2O2S/c1-7-8(4-12(20-7)13(18)17-16)6-19-9-2-3-11(15)10(14)5-9/h2-5H,6,16H2,1H3,(H,17,18). The Balaban J connectivity index is 2.08. The first-order valence-corrected chi connectivity index (χ1v) is 7.30. The lowest BCUT2D eigenvalue weighted by Gasteiger charge is -2.06. The molecule has 106 valence electrons. The molecule has 1 heterocycles. The fraction of sp³-hybridized carbons (Fsp3) is 0.154. The van der Waals surface area contributed by atoms with Crippen molar-refractivity contribution in [3.63, 3.8) is 0 Å². The second kappa shape index (κ2) is 6.34. The summed E-state index contributed by atoms with van der Waals surface area (Å²) in [6, 6.07) is 6.17. The minimum absolute atomic E-state index is 0.304. The van der Waals surface area contributed by atoms with Crippen molar-refractivity contribution in [1.82, 2.24) is 5.43 Å². The SMILES string of the molecule is Cc1sc(C(=O)NN)cc1COc1ccc(F)c(Br)c1. The number of aryl methyl sites for hydroxylation is 1. The summed E-state index contributed by atoms with van der Waals surface area (Å²) in [5.74, 6) is 4.98. The summed E-state index contributed by atoms with van der Waals surface area (Å²) in [7, 11) is 0. The average Bonchev–Trinajstić information content (AvgIpc) is 2.80. The number of hydrazine groups is 1. The van der Waals surface area contributed by atoms with E-state index in [0.29, 0.717) is 21.7 Å². The number of hydrogen-bond donors (Lipinski definition) is 2. The molecule has 7 heteroatoms. The Labute approximate surface area is 127 Å². The first kappa shape index (κ1) is 15.0. The third kappa shape index (κ3) is 3.36. The summed E-state index contributed by atoms with van der Waals surface area (Å²) in [5.41, 5.74) is 2.99. The van der Waals surface area contributed by atoms with Crippen LogP contribution in [0.5, 0.6) is 5.75 Å². The molecule has 0 unspecified atom stereocenters. The molecule has 0 aliphatic carbocycles. The number of carbonyl (C=O) groups excluding carboxylic acids is 1. The number of amides is 1. The normalized spacial score (nSPS) is 10.4. The molecule has 1 amide bonds. The highest BCUT2D eigenvalue weighted by Crippen LogP contribution is 2.25. The molecule has 4 nitrogen and oxygen atoms in total. The third-order valence-corrected chi connectivity index (χ3v) is 4.36. The van der Waals surface area contributed by atoms with E-state index in [-0.39, 0.29) is 11.7 Å². The van der Waals surface area contributed by atoms with Gasteiger partial charge in [-0.25, -0.2) is 10.2 Å². The zero-order chi connectivity index (χ0) is 14.7. The molecule has 20 heavy (non-hydrogen) atoms. The molecule has 0 saturated carbocycles. The van der Waals surface area contributed by atoms with Gasteiger partial charge in [0, 0.05) is 10.4 Å². The first-order chi connectivity index (χ1) is 9.51. The number of nitrogen functional groups attached to an aromatic ring is 1. The molecular weight excluding hydrogens is 347 g/mol. The topological polar surface area (TPSA) is 64.4 Å². The van der Waals surface area contributed by atoms with Crippen molar-refractivity contribution >= 4 is 33.2 Å². The molecule has 1 aromatic heterocycles. The molecule has 0 spiro atoms. The van der Waals surface area contributed by atoms with Gasteiger partial charge in [-0.3, -0.25) is 10.2 Å². The molecule has 0 fully saturated rings. The van der Waals surface area contributed by atoms with E-state index in [1.54, 1.807) is 18.2 Å². The minimum atomic E-state index is -0.342. The maximum Gasteiger partial charge on any atom is 0.275 e. The highest BCUT2D eigenvalue weighted by molar-refractivity contribution is 9.10. The van der Waals surface area contributed by atoms with Gasteiger partial charge in [0.1, 0.15) is 18.2 Å². The van der Waals surface area contributed by atoms with Gasteiger partial charge < -0.3 is 4.74 Å². The van der Waals surface area contributed by atoms with Crippen LogP contribution in [0.3, 0.4) is 0 Å². The second-order valence-electron chi connectivity index (χ2n) is 4.03. The quantitative estimate of drug-likeness (QED) is 0.501. The smallest absolute Gasteiger partial charge is 0.275 e. The van der Waals surface area contributed by atoms with Gasteiger partial charge in [0.05, 0.1) is 9.35 Å². The van der Waals surface area contributed by atoms with Gasteiger partial charge in [0.15, 0.2) is 0 Å². The molecule has 0 aliphatic rings. The molecule has 0 aliphatic heterocycles. The van der Waals surface area contributed by atoms with Gasteiger partial charge in [0.2, 0.25) is 0 Å². The Hall–Kier alpha value is -1.44. The third-order valence-electron chi connectivity index (χ3n) is 2.66. The lowest BCUT2D eigenvalue weighted by Crippen LogP contribution is -2.29. The maximum atomic E-state index is 13.1. The van der Waals surface area contributed by atoms with E-state index in [4.69, 9.17) is 10.6 Å². The highest BCUT2D eigenvalue weighted by Gasteiger charge is 2.12. The van der Waals surface area contributed by atoms with Gasteiger partial charge in [-0.1, -0.05) is 0 Å². The van der Waals surface area contributed by atoms with Crippen molar-refractivity contribution in [2.24, 2.45) is 5.84 Å². The molecule has 2 aromatic rings. The van der Waals surface area contributed by atoms with Gasteiger partial charge in [-0.15, -0.1) is 11.3 Å².